The van der Waals surface area contributed by atoms with Crippen molar-refractivity contribution in [2.24, 2.45) is 0 Å². The number of carbonyl (C=O) groups is 2. The zero-order valence-corrected chi connectivity index (χ0v) is 16.0. The normalized spacial score (nSPS) is 15.2. The molecule has 7 heteroatoms. The van der Waals surface area contributed by atoms with Crippen LogP contribution >= 0.6 is 23.2 Å². The van der Waals surface area contributed by atoms with E-state index in [0.29, 0.717) is 21.8 Å². The summed E-state index contributed by atoms with van der Waals surface area (Å²) in [5.41, 5.74) is 3.08. The van der Waals surface area contributed by atoms with Crippen LogP contribution in [0.25, 0.3) is 0 Å². The lowest BCUT2D eigenvalue weighted by Gasteiger charge is -2.28. The molecular formula is C21H15Cl2N3O2. The topological polar surface area (TPSA) is 70.2 Å². The Labute approximate surface area is 171 Å². The third kappa shape index (κ3) is 3.67. The molecule has 3 aromatic carbocycles. The van der Waals surface area contributed by atoms with E-state index in [4.69, 9.17) is 23.2 Å². The Morgan fingerprint density at radius 2 is 1.75 bits per heavy atom. The summed E-state index contributed by atoms with van der Waals surface area (Å²) in [6.07, 6.45) is -0.404. The highest BCUT2D eigenvalue weighted by atomic mass is 35.5. The van der Waals surface area contributed by atoms with Gasteiger partial charge in [0.15, 0.2) is 0 Å². The molecule has 0 saturated carbocycles. The number of para-hydroxylation sites is 1. The SMILES string of the molecule is O=C(Nc1cccc(C2NC(=O)c3ccccc3N2)c1)c1ccc(Cl)cc1Cl. The van der Waals surface area contributed by atoms with Crippen molar-refractivity contribution in [1.29, 1.82) is 0 Å². The molecule has 0 saturated heterocycles. The fourth-order valence-corrected chi connectivity index (χ4v) is 3.54. The fraction of sp³-hybridized carbons (Fsp3) is 0.0476. The molecule has 1 atom stereocenters. The molecule has 0 aromatic heterocycles. The van der Waals surface area contributed by atoms with Gasteiger partial charge in [-0.3, -0.25) is 9.59 Å². The van der Waals surface area contributed by atoms with Crippen molar-refractivity contribution in [3.63, 3.8) is 0 Å². The summed E-state index contributed by atoms with van der Waals surface area (Å²) in [6, 6.07) is 19.3. The van der Waals surface area contributed by atoms with E-state index in [9.17, 15) is 9.59 Å². The van der Waals surface area contributed by atoms with Gasteiger partial charge in [0.25, 0.3) is 11.8 Å². The molecule has 2 amide bonds. The van der Waals surface area contributed by atoms with E-state index >= 15 is 0 Å². The molecule has 0 bridgehead atoms. The number of hydrogen-bond acceptors (Lipinski definition) is 3. The zero-order valence-electron chi connectivity index (χ0n) is 14.5. The number of halogens is 2. The van der Waals surface area contributed by atoms with Gasteiger partial charge in [0.05, 0.1) is 16.1 Å². The molecule has 3 N–H and O–H groups in total. The van der Waals surface area contributed by atoms with Gasteiger partial charge in [-0.1, -0.05) is 47.5 Å². The highest BCUT2D eigenvalue weighted by molar-refractivity contribution is 6.37. The van der Waals surface area contributed by atoms with Crippen LogP contribution in [0, 0.1) is 0 Å². The molecule has 1 aliphatic rings. The fourth-order valence-electron chi connectivity index (χ4n) is 3.04. The number of carbonyl (C=O) groups excluding carboxylic acids is 2. The number of amides is 2. The molecule has 5 nitrogen and oxygen atoms in total. The van der Waals surface area contributed by atoms with Gasteiger partial charge in [-0.15, -0.1) is 0 Å². The van der Waals surface area contributed by atoms with Crippen LogP contribution in [-0.2, 0) is 0 Å². The predicted molar refractivity (Wildman–Crippen MR) is 111 cm³/mol. The summed E-state index contributed by atoms with van der Waals surface area (Å²) in [7, 11) is 0. The molecule has 0 fully saturated rings. The molecule has 0 spiro atoms. The standard InChI is InChI=1S/C21H15Cl2N3O2/c22-13-8-9-15(17(23)11-13)20(27)24-14-5-3-4-12(10-14)19-25-18-7-2-1-6-16(18)21(28)26-19/h1-11,19,25H,(H,24,27)(H,26,28). The van der Waals surface area contributed by atoms with Gasteiger partial charge in [0.2, 0.25) is 0 Å². The van der Waals surface area contributed by atoms with Crippen LogP contribution < -0.4 is 16.0 Å². The quantitative estimate of drug-likeness (QED) is 0.561. The minimum atomic E-state index is -0.404. The van der Waals surface area contributed by atoms with Crippen molar-refractivity contribution in [3.8, 4) is 0 Å². The summed E-state index contributed by atoms with van der Waals surface area (Å²) in [5.74, 6) is -0.494. The Morgan fingerprint density at radius 3 is 2.57 bits per heavy atom. The van der Waals surface area contributed by atoms with Gasteiger partial charge < -0.3 is 16.0 Å². The van der Waals surface area contributed by atoms with E-state index in [-0.39, 0.29) is 16.8 Å². The minimum absolute atomic E-state index is 0.151. The maximum absolute atomic E-state index is 12.5. The van der Waals surface area contributed by atoms with Gasteiger partial charge in [-0.05, 0) is 48.0 Å². The Bertz CT molecular complexity index is 1080. The van der Waals surface area contributed by atoms with Crippen LogP contribution in [0.4, 0.5) is 11.4 Å². The van der Waals surface area contributed by atoms with E-state index in [0.717, 1.165) is 11.3 Å². The van der Waals surface area contributed by atoms with E-state index in [1.807, 2.05) is 30.3 Å². The number of rotatable bonds is 3. The Hall–Kier alpha value is -3.02. The molecule has 28 heavy (non-hydrogen) atoms. The maximum Gasteiger partial charge on any atom is 0.257 e. The van der Waals surface area contributed by atoms with Crippen molar-refractivity contribution >= 4 is 46.4 Å². The van der Waals surface area contributed by atoms with Crippen molar-refractivity contribution < 1.29 is 9.59 Å². The third-order valence-electron chi connectivity index (χ3n) is 4.40. The Morgan fingerprint density at radius 1 is 0.929 bits per heavy atom. The smallest absolute Gasteiger partial charge is 0.257 e. The number of anilines is 2. The highest BCUT2D eigenvalue weighted by Crippen LogP contribution is 2.28. The lowest BCUT2D eigenvalue weighted by molar-refractivity contribution is 0.0934. The summed E-state index contributed by atoms with van der Waals surface area (Å²) in [5, 5.41) is 9.77. The Kier molecular flexibility index (Phi) is 4.94. The van der Waals surface area contributed by atoms with Crippen LogP contribution in [0.3, 0.4) is 0 Å². The molecule has 0 aliphatic carbocycles. The molecule has 140 valence electrons. The van der Waals surface area contributed by atoms with Gasteiger partial charge in [0.1, 0.15) is 6.17 Å². The van der Waals surface area contributed by atoms with Crippen LogP contribution in [0.15, 0.2) is 66.7 Å². The zero-order chi connectivity index (χ0) is 19.7. The first kappa shape index (κ1) is 18.3. The van der Waals surface area contributed by atoms with Gasteiger partial charge >= 0.3 is 0 Å². The molecular weight excluding hydrogens is 397 g/mol. The van der Waals surface area contributed by atoms with Crippen molar-refractivity contribution in [3.05, 3.63) is 93.5 Å². The number of hydrogen-bond donors (Lipinski definition) is 3. The first-order chi connectivity index (χ1) is 13.5. The molecule has 0 radical (unpaired) electrons. The number of fused-ring (bicyclic) bond motifs is 1. The lowest BCUT2D eigenvalue weighted by Crippen LogP contribution is -2.38. The van der Waals surface area contributed by atoms with Gasteiger partial charge in [0, 0.05) is 16.4 Å². The van der Waals surface area contributed by atoms with Crippen LogP contribution in [0.1, 0.15) is 32.4 Å². The average Bonchev–Trinajstić information content (AvgIpc) is 2.68. The van der Waals surface area contributed by atoms with Crippen LogP contribution in [-0.4, -0.2) is 11.8 Å². The van der Waals surface area contributed by atoms with Crippen molar-refractivity contribution in [1.82, 2.24) is 5.32 Å². The van der Waals surface area contributed by atoms with E-state index in [2.05, 4.69) is 16.0 Å². The molecule has 1 unspecified atom stereocenters. The highest BCUT2D eigenvalue weighted by Gasteiger charge is 2.24. The van der Waals surface area contributed by atoms with Gasteiger partial charge in [-0.2, -0.15) is 0 Å². The average molecular weight is 412 g/mol. The van der Waals surface area contributed by atoms with Crippen molar-refractivity contribution in [2.45, 2.75) is 6.17 Å². The summed E-state index contributed by atoms with van der Waals surface area (Å²) in [4.78, 5) is 24.9. The largest absolute Gasteiger partial charge is 0.361 e. The minimum Gasteiger partial charge on any atom is -0.361 e. The second kappa shape index (κ2) is 7.54. The van der Waals surface area contributed by atoms with Gasteiger partial charge in [-0.25, -0.2) is 0 Å². The molecule has 3 aromatic rings. The number of nitrogens with one attached hydrogen (secondary N) is 3. The lowest BCUT2D eigenvalue weighted by atomic mass is 10.1. The molecule has 1 heterocycles. The molecule has 1 aliphatic heterocycles. The second-order valence-corrected chi connectivity index (χ2v) is 7.14. The maximum atomic E-state index is 12.5. The van der Waals surface area contributed by atoms with Crippen molar-refractivity contribution in [2.75, 3.05) is 10.6 Å². The summed E-state index contributed by atoms with van der Waals surface area (Å²) < 4.78 is 0. The summed E-state index contributed by atoms with van der Waals surface area (Å²) >= 11 is 12.0. The second-order valence-electron chi connectivity index (χ2n) is 6.30. The monoisotopic (exact) mass is 411 g/mol. The summed E-state index contributed by atoms with van der Waals surface area (Å²) in [6.45, 7) is 0. The predicted octanol–water partition coefficient (Wildman–Crippen LogP) is 5.10. The van der Waals surface area contributed by atoms with E-state index < -0.39 is 6.17 Å². The third-order valence-corrected chi connectivity index (χ3v) is 4.95. The Balaban J connectivity index is 1.55. The van der Waals surface area contributed by atoms with E-state index in [1.54, 1.807) is 30.3 Å². The first-order valence-corrected chi connectivity index (χ1v) is 9.29. The number of benzene rings is 3. The van der Waals surface area contributed by atoms with Crippen LogP contribution in [0.5, 0.6) is 0 Å². The molecule has 4 rings (SSSR count). The van der Waals surface area contributed by atoms with Crippen LogP contribution in [0.2, 0.25) is 10.0 Å². The van der Waals surface area contributed by atoms with E-state index in [1.165, 1.54) is 6.07 Å². The first-order valence-electron chi connectivity index (χ1n) is 8.54.